The van der Waals surface area contributed by atoms with Gasteiger partial charge in [-0.15, -0.1) is 11.3 Å². The minimum atomic E-state index is -0.347. The van der Waals surface area contributed by atoms with Gasteiger partial charge >= 0.3 is 0 Å². The molecule has 0 fully saturated rings. The minimum Gasteiger partial charge on any atom is -0.388 e. The van der Waals surface area contributed by atoms with Crippen molar-refractivity contribution in [2.24, 2.45) is 0 Å². The van der Waals surface area contributed by atoms with Gasteiger partial charge in [-0.2, -0.15) is 0 Å². The summed E-state index contributed by atoms with van der Waals surface area (Å²) < 4.78 is 6.03. The second-order valence-electron chi connectivity index (χ2n) is 3.20. The number of thiophene rings is 1. The lowest BCUT2D eigenvalue weighted by Crippen LogP contribution is -1.97. The van der Waals surface area contributed by atoms with E-state index in [0.717, 1.165) is 22.2 Å². The number of aryl methyl sites for hydroxylation is 1. The molecule has 1 unspecified atom stereocenters. The summed E-state index contributed by atoms with van der Waals surface area (Å²) in [5.41, 5.74) is 0. The molecule has 2 nitrogen and oxygen atoms in total. The molecule has 0 aliphatic carbocycles. The second-order valence-corrected chi connectivity index (χ2v) is 5.35. The van der Waals surface area contributed by atoms with E-state index < -0.39 is 0 Å². The van der Waals surface area contributed by atoms with Gasteiger partial charge in [0.2, 0.25) is 0 Å². The second kappa shape index (κ2) is 5.85. The van der Waals surface area contributed by atoms with Crippen LogP contribution in [0.25, 0.3) is 0 Å². The fourth-order valence-corrected chi connectivity index (χ4v) is 2.79. The monoisotopic (exact) mass is 278 g/mol. The fourth-order valence-electron chi connectivity index (χ4n) is 1.21. The molecule has 0 aliphatic rings. The summed E-state index contributed by atoms with van der Waals surface area (Å²) in [7, 11) is 1.68. The van der Waals surface area contributed by atoms with Crippen molar-refractivity contribution in [2.45, 2.75) is 25.9 Å². The van der Waals surface area contributed by atoms with Crippen molar-refractivity contribution >= 4 is 27.3 Å². The maximum atomic E-state index is 9.82. The third-order valence-electron chi connectivity index (χ3n) is 2.03. The van der Waals surface area contributed by atoms with Gasteiger partial charge in [0.1, 0.15) is 0 Å². The smallest absolute Gasteiger partial charge is 0.0883 e. The summed E-state index contributed by atoms with van der Waals surface area (Å²) in [5, 5.41) is 9.82. The van der Waals surface area contributed by atoms with E-state index in [0.29, 0.717) is 6.61 Å². The van der Waals surface area contributed by atoms with E-state index in [4.69, 9.17) is 4.74 Å². The van der Waals surface area contributed by atoms with Gasteiger partial charge < -0.3 is 9.84 Å². The molecule has 1 atom stereocenters. The predicted molar refractivity (Wildman–Crippen MR) is 62.8 cm³/mol. The van der Waals surface area contributed by atoms with Gasteiger partial charge in [-0.3, -0.25) is 0 Å². The molecular weight excluding hydrogens is 264 g/mol. The average molecular weight is 279 g/mol. The highest BCUT2D eigenvalue weighted by Gasteiger charge is 2.11. The van der Waals surface area contributed by atoms with E-state index in [1.165, 1.54) is 4.88 Å². The van der Waals surface area contributed by atoms with Gasteiger partial charge in [0.05, 0.1) is 6.10 Å². The van der Waals surface area contributed by atoms with E-state index >= 15 is 0 Å². The Kier molecular flexibility index (Phi) is 5.09. The lowest BCUT2D eigenvalue weighted by Gasteiger charge is -2.06. The maximum absolute atomic E-state index is 9.82. The summed E-state index contributed by atoms with van der Waals surface area (Å²) >= 11 is 5.08. The molecule has 1 rings (SSSR count). The van der Waals surface area contributed by atoms with Crippen molar-refractivity contribution < 1.29 is 9.84 Å². The number of halogens is 1. The summed E-state index contributed by atoms with van der Waals surface area (Å²) in [6.45, 7) is 2.75. The maximum Gasteiger partial charge on any atom is 0.0883 e. The first kappa shape index (κ1) is 12.2. The van der Waals surface area contributed by atoms with Crippen LogP contribution in [0.5, 0.6) is 0 Å². The summed E-state index contributed by atoms with van der Waals surface area (Å²) in [4.78, 5) is 2.25. The normalized spacial score (nSPS) is 13.1. The molecule has 1 aromatic heterocycles. The molecule has 0 spiro atoms. The number of hydrogen-bond donors (Lipinski definition) is 1. The summed E-state index contributed by atoms with van der Waals surface area (Å²) in [6.07, 6.45) is 1.31. The molecule has 0 aliphatic heterocycles. The van der Waals surface area contributed by atoms with Crippen LogP contribution in [0, 0.1) is 6.92 Å². The Balaban J connectivity index is 2.47. The largest absolute Gasteiger partial charge is 0.388 e. The van der Waals surface area contributed by atoms with Gasteiger partial charge in [-0.25, -0.2) is 0 Å². The summed E-state index contributed by atoms with van der Waals surface area (Å²) in [5.74, 6) is 0. The Morgan fingerprint density at radius 1 is 1.64 bits per heavy atom. The highest BCUT2D eigenvalue weighted by Crippen LogP contribution is 2.32. The van der Waals surface area contributed by atoms with Crippen molar-refractivity contribution in [3.8, 4) is 0 Å². The van der Waals surface area contributed by atoms with E-state index in [1.54, 1.807) is 18.4 Å². The zero-order valence-corrected chi connectivity index (χ0v) is 10.8. The Labute approximate surface area is 97.0 Å². The molecule has 1 heterocycles. The lowest BCUT2D eigenvalue weighted by atomic mass is 10.2. The van der Waals surface area contributed by atoms with Crippen LogP contribution in [-0.2, 0) is 4.74 Å². The topological polar surface area (TPSA) is 29.5 Å². The molecule has 1 N–H and O–H groups in total. The number of ether oxygens (including phenoxy) is 1. The number of hydrogen-bond acceptors (Lipinski definition) is 3. The van der Waals surface area contributed by atoms with Crippen molar-refractivity contribution in [1.29, 1.82) is 0 Å². The molecule has 0 amide bonds. The van der Waals surface area contributed by atoms with Gasteiger partial charge in [0, 0.05) is 27.9 Å². The summed E-state index contributed by atoms with van der Waals surface area (Å²) in [6, 6.07) is 2.00. The molecule has 0 bridgehead atoms. The van der Waals surface area contributed by atoms with Crippen LogP contribution in [-0.4, -0.2) is 18.8 Å². The molecule has 0 saturated carbocycles. The molecule has 4 heteroatoms. The number of methoxy groups -OCH3 is 1. The Morgan fingerprint density at radius 3 is 2.86 bits per heavy atom. The molecule has 1 aromatic rings. The first-order chi connectivity index (χ1) is 6.65. The standard InChI is InChI=1S/C10H15BrO2S/c1-7-8(11)6-10(14-7)9(12)4-3-5-13-2/h6,9,12H,3-5H2,1-2H3. The van der Waals surface area contributed by atoms with Crippen molar-refractivity contribution in [2.75, 3.05) is 13.7 Å². The van der Waals surface area contributed by atoms with E-state index in [9.17, 15) is 5.11 Å². The highest BCUT2D eigenvalue weighted by molar-refractivity contribution is 9.10. The third-order valence-corrected chi connectivity index (χ3v) is 4.27. The van der Waals surface area contributed by atoms with E-state index in [2.05, 4.69) is 15.9 Å². The van der Waals surface area contributed by atoms with Crippen LogP contribution in [0.2, 0.25) is 0 Å². The van der Waals surface area contributed by atoms with Gasteiger partial charge in [0.25, 0.3) is 0 Å². The molecule has 14 heavy (non-hydrogen) atoms. The number of aliphatic hydroxyl groups is 1. The molecule has 0 saturated heterocycles. The van der Waals surface area contributed by atoms with Crippen LogP contribution in [0.1, 0.15) is 28.7 Å². The Bertz CT molecular complexity index is 266. The van der Waals surface area contributed by atoms with Crippen molar-refractivity contribution in [3.63, 3.8) is 0 Å². The van der Waals surface area contributed by atoms with Crippen molar-refractivity contribution in [1.82, 2.24) is 0 Å². The zero-order valence-electron chi connectivity index (χ0n) is 8.42. The highest BCUT2D eigenvalue weighted by atomic mass is 79.9. The van der Waals surface area contributed by atoms with Crippen LogP contribution < -0.4 is 0 Å². The zero-order chi connectivity index (χ0) is 10.6. The quantitative estimate of drug-likeness (QED) is 0.838. The third kappa shape index (κ3) is 3.35. The Morgan fingerprint density at radius 2 is 2.36 bits per heavy atom. The SMILES string of the molecule is COCCCC(O)c1cc(Br)c(C)s1. The van der Waals surface area contributed by atoms with Gasteiger partial charge in [0.15, 0.2) is 0 Å². The number of rotatable bonds is 5. The molecule has 0 aromatic carbocycles. The first-order valence-corrected chi connectivity index (χ1v) is 6.19. The van der Waals surface area contributed by atoms with Crippen LogP contribution in [0.3, 0.4) is 0 Å². The van der Waals surface area contributed by atoms with Crippen LogP contribution in [0.15, 0.2) is 10.5 Å². The Hall–Kier alpha value is 0.1000. The molecule has 80 valence electrons. The predicted octanol–water partition coefficient (Wildman–Crippen LogP) is 3.28. The van der Waals surface area contributed by atoms with Gasteiger partial charge in [-0.05, 0) is 41.8 Å². The minimum absolute atomic E-state index is 0.347. The first-order valence-electron chi connectivity index (χ1n) is 4.58. The average Bonchev–Trinajstić information content (AvgIpc) is 2.47. The lowest BCUT2D eigenvalue weighted by molar-refractivity contribution is 0.138. The van der Waals surface area contributed by atoms with Gasteiger partial charge in [-0.1, -0.05) is 0 Å². The fraction of sp³-hybridized carbons (Fsp3) is 0.600. The molecule has 0 radical (unpaired) electrons. The van der Waals surface area contributed by atoms with Crippen molar-refractivity contribution in [3.05, 3.63) is 20.3 Å². The molecular formula is C10H15BrO2S. The van der Waals surface area contributed by atoms with Crippen LogP contribution >= 0.6 is 27.3 Å². The number of aliphatic hydroxyl groups excluding tert-OH is 1. The van der Waals surface area contributed by atoms with Crippen LogP contribution in [0.4, 0.5) is 0 Å². The van der Waals surface area contributed by atoms with E-state index in [1.807, 2.05) is 13.0 Å². The van der Waals surface area contributed by atoms with E-state index in [-0.39, 0.29) is 6.10 Å².